The molecular weight excluding hydrogens is 452 g/mol. The summed E-state index contributed by atoms with van der Waals surface area (Å²) in [6.07, 6.45) is 0.430. The molecule has 0 aliphatic heterocycles. The largest absolute Gasteiger partial charge is 0.357 e. The van der Waals surface area contributed by atoms with Gasteiger partial charge in [-0.1, -0.05) is 90.0 Å². The number of aryl methyl sites for hydroxylation is 1. The van der Waals surface area contributed by atoms with Crippen LogP contribution in [0.3, 0.4) is 0 Å². The van der Waals surface area contributed by atoms with E-state index in [9.17, 15) is 9.59 Å². The molecule has 6 heteroatoms. The van der Waals surface area contributed by atoms with Crippen molar-refractivity contribution in [3.63, 3.8) is 0 Å². The highest BCUT2D eigenvalue weighted by atomic mass is 35.5. The number of rotatable bonds is 10. The Morgan fingerprint density at radius 3 is 2.27 bits per heavy atom. The number of likely N-dealkylation sites (N-methyl/N-ethyl adjacent to an activating group) is 1. The summed E-state index contributed by atoms with van der Waals surface area (Å²) in [6.45, 7) is 2.33. The van der Waals surface area contributed by atoms with Gasteiger partial charge in [-0.05, 0) is 29.7 Å². The number of nitrogens with one attached hydrogen (secondary N) is 1. The zero-order valence-electron chi connectivity index (χ0n) is 19.0. The predicted octanol–water partition coefficient (Wildman–Crippen LogP) is 5.27. The molecule has 0 radical (unpaired) electrons. The molecule has 1 unspecified atom stereocenters. The monoisotopic (exact) mass is 480 g/mol. The molecule has 172 valence electrons. The number of nitrogens with zero attached hydrogens (tertiary/aromatic N) is 1. The standard InChI is InChI=1S/C27H29ClN2O2S/c1-20-12-14-22(15-13-20)18-33-19-26(31)30(17-23-10-6-7-11-24(23)28)25(27(32)29-2)16-21-8-4-3-5-9-21/h3-15,25H,16-19H2,1-2H3,(H,29,32). The molecule has 0 fully saturated rings. The van der Waals surface area contributed by atoms with Crippen molar-refractivity contribution in [1.29, 1.82) is 0 Å². The SMILES string of the molecule is CNC(=O)C(Cc1ccccc1)N(Cc1ccccc1Cl)C(=O)CSCc1ccc(C)cc1. The lowest BCUT2D eigenvalue weighted by Gasteiger charge is -2.31. The van der Waals surface area contributed by atoms with Gasteiger partial charge in [0.15, 0.2) is 0 Å². The van der Waals surface area contributed by atoms with Crippen LogP contribution in [0.5, 0.6) is 0 Å². The van der Waals surface area contributed by atoms with E-state index in [-0.39, 0.29) is 24.1 Å². The summed E-state index contributed by atoms with van der Waals surface area (Å²) in [5.74, 6) is 0.731. The summed E-state index contributed by atoms with van der Waals surface area (Å²) in [5.41, 5.74) is 4.19. The first-order valence-corrected chi connectivity index (χ1v) is 12.4. The summed E-state index contributed by atoms with van der Waals surface area (Å²) in [5, 5.41) is 3.32. The van der Waals surface area contributed by atoms with Gasteiger partial charge in [-0.3, -0.25) is 9.59 Å². The van der Waals surface area contributed by atoms with E-state index in [1.165, 1.54) is 11.1 Å². The minimum atomic E-state index is -0.638. The molecule has 0 aromatic heterocycles. The molecule has 3 rings (SSSR count). The highest BCUT2D eigenvalue weighted by Crippen LogP contribution is 2.22. The Labute approximate surface area is 205 Å². The number of thioether (sulfide) groups is 1. The van der Waals surface area contributed by atoms with Crippen LogP contribution in [-0.2, 0) is 28.3 Å². The lowest BCUT2D eigenvalue weighted by atomic mass is 10.0. The van der Waals surface area contributed by atoms with Gasteiger partial charge in [0.05, 0.1) is 5.75 Å². The van der Waals surface area contributed by atoms with Crippen molar-refractivity contribution in [3.05, 3.63) is 106 Å². The van der Waals surface area contributed by atoms with Gasteiger partial charge in [-0.25, -0.2) is 0 Å². The second-order valence-corrected chi connectivity index (χ2v) is 9.30. The normalized spacial score (nSPS) is 11.6. The summed E-state index contributed by atoms with van der Waals surface area (Å²) < 4.78 is 0. The Balaban J connectivity index is 1.81. The van der Waals surface area contributed by atoms with Gasteiger partial charge in [0.1, 0.15) is 6.04 Å². The van der Waals surface area contributed by atoms with Crippen LogP contribution >= 0.6 is 23.4 Å². The summed E-state index contributed by atoms with van der Waals surface area (Å²) >= 11 is 7.96. The molecule has 33 heavy (non-hydrogen) atoms. The Morgan fingerprint density at radius 1 is 0.939 bits per heavy atom. The average Bonchev–Trinajstić information content (AvgIpc) is 2.83. The van der Waals surface area contributed by atoms with Crippen LogP contribution < -0.4 is 5.32 Å². The number of amides is 2. The summed E-state index contributed by atoms with van der Waals surface area (Å²) in [7, 11) is 1.60. The van der Waals surface area contributed by atoms with E-state index in [0.29, 0.717) is 11.4 Å². The lowest BCUT2D eigenvalue weighted by molar-refractivity contribution is -0.139. The lowest BCUT2D eigenvalue weighted by Crippen LogP contribution is -2.50. The highest BCUT2D eigenvalue weighted by molar-refractivity contribution is 7.99. The molecule has 2 amide bonds. The highest BCUT2D eigenvalue weighted by Gasteiger charge is 2.30. The second-order valence-electron chi connectivity index (χ2n) is 7.91. The van der Waals surface area contributed by atoms with Gasteiger partial charge in [0.2, 0.25) is 11.8 Å². The Bertz CT molecular complexity index is 1060. The number of carbonyl (C=O) groups excluding carboxylic acids is 2. The minimum absolute atomic E-state index is 0.0865. The number of halogens is 1. The van der Waals surface area contributed by atoms with Gasteiger partial charge in [0.25, 0.3) is 0 Å². The molecule has 1 N–H and O–H groups in total. The molecular formula is C27H29ClN2O2S. The molecule has 0 bridgehead atoms. The van der Waals surface area contributed by atoms with E-state index in [1.807, 2.05) is 48.5 Å². The molecule has 4 nitrogen and oxygen atoms in total. The van der Waals surface area contributed by atoms with Crippen molar-refractivity contribution in [2.45, 2.75) is 31.7 Å². The van der Waals surface area contributed by atoms with Crippen molar-refractivity contribution in [2.75, 3.05) is 12.8 Å². The van der Waals surface area contributed by atoms with E-state index in [1.54, 1.807) is 29.8 Å². The number of hydrogen-bond donors (Lipinski definition) is 1. The Hall–Kier alpha value is -2.76. The fourth-order valence-corrected chi connectivity index (χ4v) is 4.62. The van der Waals surface area contributed by atoms with Gasteiger partial charge in [0, 0.05) is 30.8 Å². The third kappa shape index (κ3) is 7.37. The topological polar surface area (TPSA) is 49.4 Å². The quantitative estimate of drug-likeness (QED) is 0.430. The Morgan fingerprint density at radius 2 is 1.61 bits per heavy atom. The molecule has 0 saturated heterocycles. The van der Waals surface area contributed by atoms with Crippen LogP contribution in [0.4, 0.5) is 0 Å². The second kappa shape index (κ2) is 12.5. The van der Waals surface area contributed by atoms with Gasteiger partial charge in [-0.15, -0.1) is 11.8 Å². The van der Waals surface area contributed by atoms with Crippen LogP contribution in [0.15, 0.2) is 78.9 Å². The van der Waals surface area contributed by atoms with Crippen molar-refractivity contribution >= 4 is 35.2 Å². The third-order valence-electron chi connectivity index (χ3n) is 5.43. The number of hydrogen-bond acceptors (Lipinski definition) is 3. The van der Waals surface area contributed by atoms with Crippen LogP contribution in [0.1, 0.15) is 22.3 Å². The first kappa shape index (κ1) is 24.9. The smallest absolute Gasteiger partial charge is 0.242 e. The first-order chi connectivity index (χ1) is 16.0. The van der Waals surface area contributed by atoms with E-state index in [0.717, 1.165) is 16.9 Å². The fraction of sp³-hybridized carbons (Fsp3) is 0.259. The van der Waals surface area contributed by atoms with E-state index < -0.39 is 6.04 Å². The maximum absolute atomic E-state index is 13.4. The van der Waals surface area contributed by atoms with Crippen LogP contribution in [0, 0.1) is 6.92 Å². The van der Waals surface area contributed by atoms with Crippen LogP contribution in [0.25, 0.3) is 0 Å². The zero-order chi connectivity index (χ0) is 23.6. The third-order valence-corrected chi connectivity index (χ3v) is 6.79. The molecule has 0 saturated carbocycles. The zero-order valence-corrected chi connectivity index (χ0v) is 20.5. The van der Waals surface area contributed by atoms with E-state index in [2.05, 4.69) is 36.5 Å². The number of carbonyl (C=O) groups is 2. The maximum Gasteiger partial charge on any atom is 0.242 e. The van der Waals surface area contributed by atoms with Gasteiger partial charge < -0.3 is 10.2 Å². The maximum atomic E-state index is 13.4. The molecule has 0 aliphatic rings. The molecule has 3 aromatic rings. The van der Waals surface area contributed by atoms with Crippen LogP contribution in [0.2, 0.25) is 5.02 Å². The Kier molecular flexibility index (Phi) is 9.40. The molecule has 0 heterocycles. The average molecular weight is 481 g/mol. The molecule has 3 aromatic carbocycles. The van der Waals surface area contributed by atoms with E-state index in [4.69, 9.17) is 11.6 Å². The van der Waals surface area contributed by atoms with Crippen molar-refractivity contribution in [3.8, 4) is 0 Å². The van der Waals surface area contributed by atoms with Crippen molar-refractivity contribution in [2.24, 2.45) is 0 Å². The summed E-state index contributed by atoms with van der Waals surface area (Å²) in [4.78, 5) is 28.0. The number of benzene rings is 3. The molecule has 0 spiro atoms. The fourth-order valence-electron chi connectivity index (χ4n) is 3.55. The first-order valence-electron chi connectivity index (χ1n) is 10.9. The van der Waals surface area contributed by atoms with Crippen molar-refractivity contribution in [1.82, 2.24) is 10.2 Å². The minimum Gasteiger partial charge on any atom is -0.357 e. The van der Waals surface area contributed by atoms with Gasteiger partial charge in [-0.2, -0.15) is 0 Å². The van der Waals surface area contributed by atoms with Crippen molar-refractivity contribution < 1.29 is 9.59 Å². The molecule has 0 aliphatic carbocycles. The van der Waals surface area contributed by atoms with E-state index >= 15 is 0 Å². The van der Waals surface area contributed by atoms with Crippen LogP contribution in [-0.4, -0.2) is 35.6 Å². The molecule has 1 atom stereocenters. The predicted molar refractivity (Wildman–Crippen MR) is 137 cm³/mol. The van der Waals surface area contributed by atoms with Gasteiger partial charge >= 0.3 is 0 Å². The summed E-state index contributed by atoms with van der Waals surface area (Å²) in [6, 6.07) is 24.9.